The lowest BCUT2D eigenvalue weighted by molar-refractivity contribution is 0.571. The summed E-state index contributed by atoms with van der Waals surface area (Å²) in [4.78, 5) is 0. The van der Waals surface area contributed by atoms with E-state index in [1.165, 1.54) is 6.07 Å². The lowest BCUT2D eigenvalue weighted by Crippen LogP contribution is -2.18. The van der Waals surface area contributed by atoms with Crippen molar-refractivity contribution in [3.05, 3.63) is 69.0 Å². The lowest BCUT2D eigenvalue weighted by Gasteiger charge is -2.16. The van der Waals surface area contributed by atoms with E-state index in [-0.39, 0.29) is 11.9 Å². The molecule has 2 rings (SSSR count). The molecule has 1 nitrogen and oxygen atoms in total. The Kier molecular flexibility index (Phi) is 5.03. The first-order valence-corrected chi connectivity index (χ1v) is 7.16. The molecular weight excluding hydrogens is 296 g/mol. The van der Waals surface area contributed by atoms with Crippen LogP contribution >= 0.6 is 23.2 Å². The highest BCUT2D eigenvalue weighted by molar-refractivity contribution is 6.42. The molecule has 0 saturated carbocycles. The summed E-state index contributed by atoms with van der Waals surface area (Å²) in [6.45, 7) is 4.63. The summed E-state index contributed by atoms with van der Waals surface area (Å²) in [6, 6.07) is 10.6. The minimum atomic E-state index is -0.205. The zero-order valence-electron chi connectivity index (χ0n) is 11.4. The second-order valence-corrected chi connectivity index (χ2v) is 5.66. The van der Waals surface area contributed by atoms with Crippen LogP contribution in [0.3, 0.4) is 0 Å². The van der Waals surface area contributed by atoms with Gasteiger partial charge in [0.2, 0.25) is 0 Å². The SMILES string of the molecule is Cc1cc(F)ccc1CNC(C)c1ccc(Cl)c(Cl)c1. The molecule has 0 saturated heterocycles. The molecule has 0 radical (unpaired) electrons. The van der Waals surface area contributed by atoms with Crippen molar-refractivity contribution in [2.75, 3.05) is 0 Å². The fraction of sp³-hybridized carbons (Fsp3) is 0.250. The Morgan fingerprint density at radius 3 is 2.50 bits per heavy atom. The van der Waals surface area contributed by atoms with E-state index in [2.05, 4.69) is 12.2 Å². The fourth-order valence-corrected chi connectivity index (χ4v) is 2.33. The van der Waals surface area contributed by atoms with Crippen LogP contribution in [-0.2, 0) is 6.54 Å². The normalized spacial score (nSPS) is 12.4. The Hall–Kier alpha value is -1.09. The summed E-state index contributed by atoms with van der Waals surface area (Å²) < 4.78 is 13.0. The van der Waals surface area contributed by atoms with Gasteiger partial charge in [-0.15, -0.1) is 0 Å². The van der Waals surface area contributed by atoms with Crippen molar-refractivity contribution in [3.63, 3.8) is 0 Å². The predicted molar refractivity (Wildman–Crippen MR) is 82.9 cm³/mol. The van der Waals surface area contributed by atoms with Crippen LogP contribution in [0.4, 0.5) is 4.39 Å². The van der Waals surface area contributed by atoms with Crippen molar-refractivity contribution in [2.45, 2.75) is 26.4 Å². The molecule has 0 spiro atoms. The highest BCUT2D eigenvalue weighted by atomic mass is 35.5. The van der Waals surface area contributed by atoms with E-state index in [9.17, 15) is 4.39 Å². The van der Waals surface area contributed by atoms with E-state index in [0.717, 1.165) is 16.7 Å². The maximum absolute atomic E-state index is 13.0. The maximum Gasteiger partial charge on any atom is 0.123 e. The quantitative estimate of drug-likeness (QED) is 0.808. The summed E-state index contributed by atoms with van der Waals surface area (Å²) in [5.74, 6) is -0.205. The third-order valence-corrected chi connectivity index (χ3v) is 4.09. The van der Waals surface area contributed by atoms with Crippen molar-refractivity contribution in [3.8, 4) is 0 Å². The van der Waals surface area contributed by atoms with Crippen molar-refractivity contribution < 1.29 is 4.39 Å². The Morgan fingerprint density at radius 2 is 1.85 bits per heavy atom. The zero-order valence-corrected chi connectivity index (χ0v) is 12.9. The second-order valence-electron chi connectivity index (χ2n) is 4.85. The first kappa shape index (κ1) is 15.3. The van der Waals surface area contributed by atoms with Crippen molar-refractivity contribution in [1.82, 2.24) is 5.32 Å². The van der Waals surface area contributed by atoms with E-state index in [0.29, 0.717) is 16.6 Å². The van der Waals surface area contributed by atoms with Gasteiger partial charge >= 0.3 is 0 Å². The van der Waals surface area contributed by atoms with Gasteiger partial charge in [0.05, 0.1) is 10.0 Å². The fourth-order valence-electron chi connectivity index (χ4n) is 2.02. The van der Waals surface area contributed by atoms with Gasteiger partial charge < -0.3 is 5.32 Å². The van der Waals surface area contributed by atoms with Crippen LogP contribution < -0.4 is 5.32 Å². The van der Waals surface area contributed by atoms with Crippen LogP contribution in [0, 0.1) is 12.7 Å². The van der Waals surface area contributed by atoms with Crippen LogP contribution in [0.1, 0.15) is 29.7 Å². The van der Waals surface area contributed by atoms with Gasteiger partial charge in [-0.25, -0.2) is 4.39 Å². The number of aryl methyl sites for hydroxylation is 1. The third kappa shape index (κ3) is 3.72. The minimum absolute atomic E-state index is 0.134. The second kappa shape index (κ2) is 6.57. The highest BCUT2D eigenvalue weighted by Crippen LogP contribution is 2.25. The minimum Gasteiger partial charge on any atom is -0.306 e. The van der Waals surface area contributed by atoms with Crippen molar-refractivity contribution in [1.29, 1.82) is 0 Å². The highest BCUT2D eigenvalue weighted by Gasteiger charge is 2.08. The summed E-state index contributed by atoms with van der Waals surface area (Å²) in [7, 11) is 0. The average molecular weight is 312 g/mol. The largest absolute Gasteiger partial charge is 0.306 e. The molecule has 1 N–H and O–H groups in total. The molecule has 0 aliphatic rings. The van der Waals surface area contributed by atoms with Crippen LogP contribution in [0.2, 0.25) is 10.0 Å². The number of halogens is 3. The predicted octanol–water partition coefficient (Wildman–Crippen LogP) is 5.29. The van der Waals surface area contributed by atoms with E-state index in [1.807, 2.05) is 19.1 Å². The van der Waals surface area contributed by atoms with Gasteiger partial charge in [-0.3, -0.25) is 0 Å². The van der Waals surface area contributed by atoms with E-state index in [4.69, 9.17) is 23.2 Å². The summed E-state index contributed by atoms with van der Waals surface area (Å²) in [5.41, 5.74) is 3.09. The standard InChI is InChI=1S/C16H16Cl2FN/c1-10-7-14(19)5-3-13(10)9-20-11(2)12-4-6-15(17)16(18)8-12/h3-8,11,20H,9H2,1-2H3. The summed E-state index contributed by atoms with van der Waals surface area (Å²) in [5, 5.41) is 4.50. The average Bonchev–Trinajstić information content (AvgIpc) is 2.40. The number of benzene rings is 2. The first-order valence-electron chi connectivity index (χ1n) is 6.40. The maximum atomic E-state index is 13.0. The summed E-state index contributed by atoms with van der Waals surface area (Å²) >= 11 is 11.9. The van der Waals surface area contributed by atoms with Crippen molar-refractivity contribution >= 4 is 23.2 Å². The molecule has 1 atom stereocenters. The molecule has 2 aromatic rings. The smallest absolute Gasteiger partial charge is 0.123 e. The number of hydrogen-bond donors (Lipinski definition) is 1. The molecule has 4 heteroatoms. The molecule has 0 aliphatic carbocycles. The van der Waals surface area contributed by atoms with Crippen LogP contribution in [0.15, 0.2) is 36.4 Å². The number of hydrogen-bond acceptors (Lipinski definition) is 1. The van der Waals surface area contributed by atoms with Crippen molar-refractivity contribution in [2.24, 2.45) is 0 Å². The zero-order chi connectivity index (χ0) is 14.7. The molecule has 20 heavy (non-hydrogen) atoms. The molecule has 1 unspecified atom stereocenters. The van der Waals surface area contributed by atoms with E-state index >= 15 is 0 Å². The van der Waals surface area contributed by atoms with Gasteiger partial charge in [-0.1, -0.05) is 35.3 Å². The van der Waals surface area contributed by atoms with Gasteiger partial charge in [-0.05, 0) is 54.8 Å². The molecular formula is C16H16Cl2FN. The van der Waals surface area contributed by atoms with Gasteiger partial charge in [0.1, 0.15) is 5.82 Å². The monoisotopic (exact) mass is 311 g/mol. The topological polar surface area (TPSA) is 12.0 Å². The molecule has 0 fully saturated rings. The Morgan fingerprint density at radius 1 is 1.10 bits per heavy atom. The van der Waals surface area contributed by atoms with Gasteiger partial charge in [0.15, 0.2) is 0 Å². The Balaban J connectivity index is 2.04. The lowest BCUT2D eigenvalue weighted by atomic mass is 10.1. The molecule has 0 aliphatic heterocycles. The summed E-state index contributed by atoms with van der Waals surface area (Å²) in [6.07, 6.45) is 0. The molecule has 0 heterocycles. The Bertz CT molecular complexity index is 613. The van der Waals surface area contributed by atoms with Gasteiger partial charge in [-0.2, -0.15) is 0 Å². The van der Waals surface area contributed by atoms with E-state index in [1.54, 1.807) is 18.2 Å². The third-order valence-electron chi connectivity index (χ3n) is 3.35. The van der Waals surface area contributed by atoms with Gasteiger partial charge in [0.25, 0.3) is 0 Å². The van der Waals surface area contributed by atoms with Gasteiger partial charge in [0, 0.05) is 12.6 Å². The Labute approximate surface area is 128 Å². The number of nitrogens with one attached hydrogen (secondary N) is 1. The molecule has 0 aromatic heterocycles. The van der Waals surface area contributed by atoms with E-state index < -0.39 is 0 Å². The number of rotatable bonds is 4. The van der Waals surface area contributed by atoms with Crippen LogP contribution in [0.25, 0.3) is 0 Å². The molecule has 0 amide bonds. The molecule has 2 aromatic carbocycles. The molecule has 106 valence electrons. The van der Waals surface area contributed by atoms with Crippen LogP contribution in [0.5, 0.6) is 0 Å². The molecule has 0 bridgehead atoms. The van der Waals surface area contributed by atoms with Crippen LogP contribution in [-0.4, -0.2) is 0 Å². The first-order chi connectivity index (χ1) is 9.47.